The molecule has 0 radical (unpaired) electrons. The zero-order valence-electron chi connectivity index (χ0n) is 12.7. The van der Waals surface area contributed by atoms with Crippen LogP contribution in [0, 0.1) is 6.92 Å². The Bertz CT molecular complexity index is 528. The third-order valence-corrected chi connectivity index (χ3v) is 3.51. The van der Waals surface area contributed by atoms with Crippen LogP contribution in [0.15, 0.2) is 24.3 Å². The van der Waals surface area contributed by atoms with E-state index in [1.165, 1.54) is 0 Å². The van der Waals surface area contributed by atoms with E-state index in [0.717, 1.165) is 11.3 Å². The van der Waals surface area contributed by atoms with Crippen molar-refractivity contribution in [3.63, 3.8) is 0 Å². The second-order valence-corrected chi connectivity index (χ2v) is 5.52. The molecule has 6 heteroatoms. The molecular formula is C16H21NO5. The van der Waals surface area contributed by atoms with E-state index in [4.69, 9.17) is 14.6 Å². The molecule has 1 amide bonds. The average molecular weight is 307 g/mol. The Kier molecular flexibility index (Phi) is 5.38. The monoisotopic (exact) mass is 307 g/mol. The van der Waals surface area contributed by atoms with Crippen molar-refractivity contribution in [2.75, 3.05) is 6.54 Å². The molecular weight excluding hydrogens is 286 g/mol. The Hall–Kier alpha value is -2.08. The lowest BCUT2D eigenvalue weighted by molar-refractivity contribution is -0.151. The van der Waals surface area contributed by atoms with Crippen LogP contribution >= 0.6 is 0 Å². The summed E-state index contributed by atoms with van der Waals surface area (Å²) in [6.07, 6.45) is -0.966. The van der Waals surface area contributed by atoms with E-state index >= 15 is 0 Å². The molecule has 0 saturated carbocycles. The van der Waals surface area contributed by atoms with Crippen LogP contribution in [0.1, 0.15) is 25.3 Å². The van der Waals surface area contributed by atoms with Gasteiger partial charge in [-0.1, -0.05) is 17.7 Å². The van der Waals surface area contributed by atoms with Gasteiger partial charge in [0.25, 0.3) is 0 Å². The molecule has 1 fully saturated rings. The number of carbonyl (C=O) groups is 2. The van der Waals surface area contributed by atoms with Gasteiger partial charge in [0.2, 0.25) is 5.91 Å². The molecule has 1 saturated heterocycles. The van der Waals surface area contributed by atoms with Crippen LogP contribution in [0.4, 0.5) is 0 Å². The van der Waals surface area contributed by atoms with E-state index in [-0.39, 0.29) is 12.0 Å². The third-order valence-electron chi connectivity index (χ3n) is 3.51. The van der Waals surface area contributed by atoms with E-state index in [0.29, 0.717) is 19.4 Å². The lowest BCUT2D eigenvalue weighted by Crippen LogP contribution is -2.40. The second kappa shape index (κ2) is 7.26. The summed E-state index contributed by atoms with van der Waals surface area (Å²) in [6.45, 7) is 4.19. The van der Waals surface area contributed by atoms with Gasteiger partial charge in [-0.25, -0.2) is 4.79 Å². The van der Waals surface area contributed by atoms with E-state index in [1.807, 2.05) is 38.1 Å². The first-order valence-electron chi connectivity index (χ1n) is 7.35. The van der Waals surface area contributed by atoms with Crippen LogP contribution in [-0.2, 0) is 14.3 Å². The highest BCUT2D eigenvalue weighted by Gasteiger charge is 2.34. The molecule has 1 aliphatic heterocycles. The highest BCUT2D eigenvalue weighted by atomic mass is 16.5. The Labute approximate surface area is 129 Å². The summed E-state index contributed by atoms with van der Waals surface area (Å²) in [5.74, 6) is -0.565. The van der Waals surface area contributed by atoms with E-state index in [2.05, 4.69) is 5.32 Å². The maximum Gasteiger partial charge on any atom is 0.332 e. The van der Waals surface area contributed by atoms with Gasteiger partial charge in [0.15, 0.2) is 6.10 Å². The molecule has 3 atom stereocenters. The van der Waals surface area contributed by atoms with Gasteiger partial charge >= 0.3 is 5.97 Å². The van der Waals surface area contributed by atoms with Crippen LogP contribution in [0.25, 0.3) is 0 Å². The average Bonchev–Trinajstić information content (AvgIpc) is 2.97. The zero-order chi connectivity index (χ0) is 16.1. The summed E-state index contributed by atoms with van der Waals surface area (Å²) in [5.41, 5.74) is 1.15. The molecule has 22 heavy (non-hydrogen) atoms. The number of carboxylic acid groups (broad SMARTS) is 1. The van der Waals surface area contributed by atoms with Gasteiger partial charge < -0.3 is 19.9 Å². The first-order chi connectivity index (χ1) is 10.5. The number of hydrogen-bond donors (Lipinski definition) is 2. The summed E-state index contributed by atoms with van der Waals surface area (Å²) in [4.78, 5) is 22.7. The normalized spacial score (nSPS) is 22.1. The largest absolute Gasteiger partial charge is 0.489 e. The first-order valence-corrected chi connectivity index (χ1v) is 7.35. The third kappa shape index (κ3) is 4.46. The summed E-state index contributed by atoms with van der Waals surface area (Å²) < 4.78 is 10.9. The smallest absolute Gasteiger partial charge is 0.332 e. The van der Waals surface area contributed by atoms with Crippen LogP contribution < -0.4 is 10.1 Å². The molecule has 120 valence electrons. The van der Waals surface area contributed by atoms with Crippen LogP contribution in [-0.4, -0.2) is 41.8 Å². The molecule has 1 aromatic rings. The number of carboxylic acids is 1. The van der Waals surface area contributed by atoms with Crippen LogP contribution in [0.3, 0.4) is 0 Å². The number of aliphatic carboxylic acids is 1. The molecule has 2 rings (SSSR count). The number of hydrogen-bond acceptors (Lipinski definition) is 4. The number of ether oxygens (including phenoxy) is 2. The highest BCUT2D eigenvalue weighted by molar-refractivity contribution is 5.82. The summed E-state index contributed by atoms with van der Waals surface area (Å²) >= 11 is 0. The number of rotatable bonds is 6. The summed E-state index contributed by atoms with van der Waals surface area (Å²) in [7, 11) is 0. The van der Waals surface area contributed by atoms with Gasteiger partial charge in [-0.3, -0.25) is 4.79 Å². The first kappa shape index (κ1) is 16.3. The molecule has 1 unspecified atom stereocenters. The molecule has 0 aromatic heterocycles. The number of carbonyl (C=O) groups excluding carboxylic acids is 1. The lowest BCUT2D eigenvalue weighted by atomic mass is 10.2. The van der Waals surface area contributed by atoms with Gasteiger partial charge in [-0.2, -0.15) is 0 Å². The lowest BCUT2D eigenvalue weighted by Gasteiger charge is -2.17. The highest BCUT2D eigenvalue weighted by Crippen LogP contribution is 2.20. The van der Waals surface area contributed by atoms with Crippen molar-refractivity contribution >= 4 is 11.9 Å². The predicted octanol–water partition coefficient (Wildman–Crippen LogP) is 1.51. The molecule has 1 aliphatic rings. The molecule has 0 aliphatic carbocycles. The Balaban J connectivity index is 1.74. The van der Waals surface area contributed by atoms with Gasteiger partial charge in [0.1, 0.15) is 18.0 Å². The SMILES string of the molecule is Cc1ccc(OC(C)CNC(=O)[C@@H]2CC[C@H](C(=O)O)O2)cc1. The fourth-order valence-corrected chi connectivity index (χ4v) is 2.26. The predicted molar refractivity (Wildman–Crippen MR) is 79.8 cm³/mol. The van der Waals surface area contributed by atoms with Crippen molar-refractivity contribution < 1.29 is 24.2 Å². The van der Waals surface area contributed by atoms with E-state index < -0.39 is 18.2 Å². The van der Waals surface area contributed by atoms with Crippen molar-refractivity contribution in [1.29, 1.82) is 0 Å². The standard InChI is InChI=1S/C16H21NO5/c1-10-3-5-12(6-4-10)21-11(2)9-17-15(18)13-7-8-14(22-13)16(19)20/h3-6,11,13-14H,7-9H2,1-2H3,(H,17,18)(H,19,20)/t11?,13-,14+/m0/s1. The van der Waals surface area contributed by atoms with Crippen LogP contribution in [0.5, 0.6) is 5.75 Å². The van der Waals surface area contributed by atoms with Crippen LogP contribution in [0.2, 0.25) is 0 Å². The maximum absolute atomic E-state index is 11.9. The molecule has 6 nitrogen and oxygen atoms in total. The Morgan fingerprint density at radius 2 is 1.95 bits per heavy atom. The van der Waals surface area contributed by atoms with Crippen molar-refractivity contribution in [2.24, 2.45) is 0 Å². The molecule has 2 N–H and O–H groups in total. The summed E-state index contributed by atoms with van der Waals surface area (Å²) in [6, 6.07) is 7.68. The number of amides is 1. The minimum Gasteiger partial charge on any atom is -0.489 e. The van der Waals surface area contributed by atoms with Crippen molar-refractivity contribution in [1.82, 2.24) is 5.32 Å². The second-order valence-electron chi connectivity index (χ2n) is 5.52. The van der Waals surface area contributed by atoms with Gasteiger partial charge in [0, 0.05) is 0 Å². The van der Waals surface area contributed by atoms with E-state index in [1.54, 1.807) is 0 Å². The fourth-order valence-electron chi connectivity index (χ4n) is 2.26. The molecule has 0 bridgehead atoms. The van der Waals surface area contributed by atoms with Gasteiger partial charge in [-0.15, -0.1) is 0 Å². The summed E-state index contributed by atoms with van der Waals surface area (Å²) in [5, 5.41) is 11.6. The van der Waals surface area contributed by atoms with Crippen molar-refractivity contribution in [2.45, 2.75) is 45.0 Å². The Morgan fingerprint density at radius 1 is 1.32 bits per heavy atom. The molecule has 0 spiro atoms. The number of benzene rings is 1. The molecule has 1 heterocycles. The fraction of sp³-hybridized carbons (Fsp3) is 0.500. The molecule has 1 aromatic carbocycles. The quantitative estimate of drug-likeness (QED) is 0.832. The van der Waals surface area contributed by atoms with E-state index in [9.17, 15) is 9.59 Å². The minimum absolute atomic E-state index is 0.191. The Morgan fingerprint density at radius 3 is 2.55 bits per heavy atom. The topological polar surface area (TPSA) is 84.9 Å². The number of aryl methyl sites for hydroxylation is 1. The minimum atomic E-state index is -1.02. The van der Waals surface area contributed by atoms with Gasteiger partial charge in [-0.05, 0) is 38.8 Å². The van der Waals surface area contributed by atoms with Gasteiger partial charge in [0.05, 0.1) is 6.54 Å². The zero-order valence-corrected chi connectivity index (χ0v) is 12.7. The number of nitrogens with one attached hydrogen (secondary N) is 1. The van der Waals surface area contributed by atoms with Crippen molar-refractivity contribution in [3.8, 4) is 5.75 Å². The maximum atomic E-state index is 11.9. The van der Waals surface area contributed by atoms with Crippen molar-refractivity contribution in [3.05, 3.63) is 29.8 Å².